The maximum Gasteiger partial charge on any atom is 0.0807 e. The minimum absolute atomic E-state index is 0.0986. The van der Waals surface area contributed by atoms with Gasteiger partial charge in [0.25, 0.3) is 0 Å². The highest BCUT2D eigenvalue weighted by atomic mass is 16.3. The van der Waals surface area contributed by atoms with Crippen molar-refractivity contribution in [3.8, 4) is 0 Å². The summed E-state index contributed by atoms with van der Waals surface area (Å²) in [6.45, 7) is 4.52. The Balaban J connectivity index is 1.77. The monoisotopic (exact) mass is 228 g/mol. The van der Waals surface area contributed by atoms with Gasteiger partial charge in [-0.1, -0.05) is 32.1 Å². The molecule has 6 bridgehead atoms. The molecule has 0 radical (unpaired) electrons. The molecule has 0 aromatic carbocycles. The molecule has 0 amide bonds. The van der Waals surface area contributed by atoms with Crippen molar-refractivity contribution >= 4 is 0 Å². The highest BCUT2D eigenvalue weighted by Crippen LogP contribution is 2.81. The van der Waals surface area contributed by atoms with Gasteiger partial charge in [0.2, 0.25) is 0 Å². The van der Waals surface area contributed by atoms with E-state index in [-0.39, 0.29) is 11.5 Å². The fourth-order valence-electron chi connectivity index (χ4n) is 6.24. The summed E-state index contributed by atoms with van der Waals surface area (Å²) in [5.74, 6) is 4.20. The Labute approximate surface area is 103 Å². The Morgan fingerprint density at radius 3 is 2.94 bits per heavy atom. The van der Waals surface area contributed by atoms with E-state index in [1.807, 2.05) is 0 Å². The SMILES string of the molecule is CC1(C)C[C@@]23C(=C[C@@H]4C=C[C@H]5[C@@H](C[C@@H]42)[C@@H]53)[C@@H]1O. The molecule has 6 rings (SSSR count). The number of hydrogen-bond acceptors (Lipinski definition) is 1. The Bertz CT molecular complexity index is 486. The number of allylic oxidation sites excluding steroid dienone is 3. The molecule has 1 N–H and O–H groups in total. The summed E-state index contributed by atoms with van der Waals surface area (Å²) in [4.78, 5) is 0. The van der Waals surface area contributed by atoms with Gasteiger partial charge < -0.3 is 5.11 Å². The van der Waals surface area contributed by atoms with Crippen molar-refractivity contribution in [2.24, 2.45) is 40.4 Å². The van der Waals surface area contributed by atoms with Gasteiger partial charge in [0, 0.05) is 5.41 Å². The number of aliphatic hydroxyl groups excluding tert-OH is 1. The van der Waals surface area contributed by atoms with Crippen LogP contribution in [0.15, 0.2) is 23.8 Å². The zero-order chi connectivity index (χ0) is 11.6. The second kappa shape index (κ2) is 2.30. The fraction of sp³-hybridized carbons (Fsp3) is 0.750. The predicted molar refractivity (Wildman–Crippen MR) is 66.1 cm³/mol. The maximum absolute atomic E-state index is 10.6. The molecular weight excluding hydrogens is 208 g/mol. The first-order valence-electron chi connectivity index (χ1n) is 7.14. The molecule has 1 heteroatoms. The van der Waals surface area contributed by atoms with Gasteiger partial charge in [-0.3, -0.25) is 0 Å². The molecule has 90 valence electrons. The molecule has 17 heavy (non-hydrogen) atoms. The summed E-state index contributed by atoms with van der Waals surface area (Å²) in [7, 11) is 0. The second-order valence-electron chi connectivity index (χ2n) is 7.80. The van der Waals surface area contributed by atoms with Gasteiger partial charge in [-0.25, -0.2) is 0 Å². The van der Waals surface area contributed by atoms with Crippen LogP contribution in [0.3, 0.4) is 0 Å². The van der Waals surface area contributed by atoms with Gasteiger partial charge in [-0.05, 0) is 53.4 Å². The van der Waals surface area contributed by atoms with E-state index in [0.717, 1.165) is 23.7 Å². The first kappa shape index (κ1) is 9.38. The summed E-state index contributed by atoms with van der Waals surface area (Å²) < 4.78 is 0. The normalized spacial score (nSPS) is 63.4. The molecule has 3 saturated carbocycles. The molecular formula is C16H20O. The zero-order valence-electron chi connectivity index (χ0n) is 10.6. The minimum atomic E-state index is -0.179. The average molecular weight is 228 g/mol. The smallest absolute Gasteiger partial charge is 0.0807 e. The molecule has 1 spiro atoms. The van der Waals surface area contributed by atoms with Crippen LogP contribution in [0.2, 0.25) is 0 Å². The van der Waals surface area contributed by atoms with Crippen LogP contribution in [-0.4, -0.2) is 11.2 Å². The van der Waals surface area contributed by atoms with E-state index >= 15 is 0 Å². The van der Waals surface area contributed by atoms with E-state index in [1.54, 1.807) is 0 Å². The molecule has 0 unspecified atom stereocenters. The standard InChI is InChI=1S/C16H20O/c1-15(2)7-16-11-6-10-9(13(10)16)4-3-8(11)5-12(16)14(15)17/h3-5,8-11,13-14,17H,6-7H2,1-2H3/t8-,9-,10+,11-,13+,14-,16-/m0/s1. The van der Waals surface area contributed by atoms with Crippen molar-refractivity contribution in [2.75, 3.05) is 0 Å². The van der Waals surface area contributed by atoms with Crippen LogP contribution in [-0.2, 0) is 0 Å². The minimum Gasteiger partial charge on any atom is -0.388 e. The van der Waals surface area contributed by atoms with E-state index in [9.17, 15) is 5.11 Å². The van der Waals surface area contributed by atoms with Crippen molar-refractivity contribution < 1.29 is 5.11 Å². The van der Waals surface area contributed by atoms with Crippen LogP contribution < -0.4 is 0 Å². The maximum atomic E-state index is 10.6. The number of hydrogen-bond donors (Lipinski definition) is 1. The second-order valence-corrected chi connectivity index (χ2v) is 7.80. The topological polar surface area (TPSA) is 20.2 Å². The van der Waals surface area contributed by atoms with Gasteiger partial charge in [-0.2, -0.15) is 0 Å². The molecule has 7 atom stereocenters. The summed E-state index contributed by atoms with van der Waals surface area (Å²) in [6.07, 6.45) is 9.87. The van der Waals surface area contributed by atoms with Crippen molar-refractivity contribution in [2.45, 2.75) is 32.8 Å². The lowest BCUT2D eigenvalue weighted by Crippen LogP contribution is -2.28. The summed E-state index contributed by atoms with van der Waals surface area (Å²) in [5.41, 5.74) is 1.95. The molecule has 0 heterocycles. The summed E-state index contributed by atoms with van der Waals surface area (Å²) >= 11 is 0. The lowest BCUT2D eigenvalue weighted by Gasteiger charge is -2.34. The van der Waals surface area contributed by atoms with Crippen LogP contribution >= 0.6 is 0 Å². The first-order valence-corrected chi connectivity index (χ1v) is 7.14. The van der Waals surface area contributed by atoms with E-state index < -0.39 is 0 Å². The van der Waals surface area contributed by atoms with E-state index in [1.165, 1.54) is 18.4 Å². The molecule has 0 aromatic heterocycles. The predicted octanol–water partition coefficient (Wildman–Crippen LogP) is 2.77. The molecule has 1 nitrogen and oxygen atoms in total. The average Bonchev–Trinajstić information content (AvgIpc) is 2.74. The largest absolute Gasteiger partial charge is 0.388 e. The van der Waals surface area contributed by atoms with Gasteiger partial charge in [0.05, 0.1) is 6.10 Å². The molecule has 6 aliphatic rings. The van der Waals surface area contributed by atoms with Crippen LogP contribution in [0.5, 0.6) is 0 Å². The van der Waals surface area contributed by atoms with Crippen molar-refractivity contribution in [3.63, 3.8) is 0 Å². The van der Waals surface area contributed by atoms with Crippen LogP contribution in [0, 0.1) is 40.4 Å². The Morgan fingerprint density at radius 1 is 1.29 bits per heavy atom. The van der Waals surface area contributed by atoms with Crippen LogP contribution in [0.4, 0.5) is 0 Å². The quantitative estimate of drug-likeness (QED) is 0.632. The summed E-state index contributed by atoms with van der Waals surface area (Å²) in [5, 5.41) is 10.6. The first-order chi connectivity index (χ1) is 8.06. The highest BCUT2D eigenvalue weighted by molar-refractivity contribution is 5.46. The van der Waals surface area contributed by atoms with Crippen molar-refractivity contribution in [1.29, 1.82) is 0 Å². The van der Waals surface area contributed by atoms with E-state index in [0.29, 0.717) is 11.3 Å². The van der Waals surface area contributed by atoms with Gasteiger partial charge in [-0.15, -0.1) is 0 Å². The van der Waals surface area contributed by atoms with Gasteiger partial charge >= 0.3 is 0 Å². The van der Waals surface area contributed by atoms with Crippen molar-refractivity contribution in [1.82, 2.24) is 0 Å². The fourth-order valence-corrected chi connectivity index (χ4v) is 6.24. The third-order valence-electron chi connectivity index (χ3n) is 6.72. The van der Waals surface area contributed by atoms with Crippen LogP contribution in [0.25, 0.3) is 0 Å². The summed E-state index contributed by atoms with van der Waals surface area (Å²) in [6, 6.07) is 0. The van der Waals surface area contributed by atoms with Crippen LogP contribution in [0.1, 0.15) is 26.7 Å². The molecule has 0 aliphatic heterocycles. The molecule has 0 saturated heterocycles. The molecule has 6 aliphatic carbocycles. The third-order valence-corrected chi connectivity index (χ3v) is 6.72. The van der Waals surface area contributed by atoms with E-state index in [4.69, 9.17) is 0 Å². The number of aliphatic hydroxyl groups is 1. The zero-order valence-corrected chi connectivity index (χ0v) is 10.6. The number of rotatable bonds is 0. The molecule has 3 fully saturated rings. The van der Waals surface area contributed by atoms with Crippen molar-refractivity contribution in [3.05, 3.63) is 23.8 Å². The lowest BCUT2D eigenvalue weighted by molar-refractivity contribution is 0.0956. The Morgan fingerprint density at radius 2 is 2.12 bits per heavy atom. The van der Waals surface area contributed by atoms with Gasteiger partial charge in [0.15, 0.2) is 0 Å². The van der Waals surface area contributed by atoms with Gasteiger partial charge in [0.1, 0.15) is 0 Å². The highest BCUT2D eigenvalue weighted by Gasteiger charge is 2.76. The Hall–Kier alpha value is -0.560. The third kappa shape index (κ3) is 0.763. The Kier molecular flexibility index (Phi) is 1.27. The van der Waals surface area contributed by atoms with E-state index in [2.05, 4.69) is 32.1 Å². The molecule has 0 aromatic rings. The lowest BCUT2D eigenvalue weighted by atomic mass is 9.69.